The zero-order chi connectivity index (χ0) is 15.2. The Kier molecular flexibility index (Phi) is 5.13. The molecule has 0 saturated carbocycles. The second-order valence-corrected chi connectivity index (χ2v) is 5.86. The van der Waals surface area contributed by atoms with Crippen LogP contribution in [0.15, 0.2) is 30.7 Å². The van der Waals surface area contributed by atoms with Crippen molar-refractivity contribution in [2.24, 2.45) is 7.05 Å². The summed E-state index contributed by atoms with van der Waals surface area (Å²) in [5.74, 6) is 1.01. The summed E-state index contributed by atoms with van der Waals surface area (Å²) < 4.78 is 1.86. The van der Waals surface area contributed by atoms with Gasteiger partial charge < -0.3 is 5.32 Å². The number of aromatic nitrogens is 4. The van der Waals surface area contributed by atoms with Crippen LogP contribution < -0.4 is 5.32 Å². The highest BCUT2D eigenvalue weighted by Crippen LogP contribution is 2.18. The van der Waals surface area contributed by atoms with Gasteiger partial charge in [0.05, 0.1) is 12.2 Å². The highest BCUT2D eigenvalue weighted by molar-refractivity contribution is 5.04. The molecule has 2 aromatic heterocycles. The van der Waals surface area contributed by atoms with Crippen molar-refractivity contribution >= 4 is 0 Å². The average Bonchev–Trinajstić information content (AvgIpc) is 2.79. The van der Waals surface area contributed by atoms with Gasteiger partial charge in [0.2, 0.25) is 0 Å². The third-order valence-corrected chi connectivity index (χ3v) is 4.30. The number of rotatable bonds is 5. The van der Waals surface area contributed by atoms with E-state index in [2.05, 4.69) is 37.4 Å². The Morgan fingerprint density at radius 3 is 2.95 bits per heavy atom. The molecule has 0 amide bonds. The van der Waals surface area contributed by atoms with Crippen LogP contribution in [-0.2, 0) is 20.1 Å². The van der Waals surface area contributed by atoms with Gasteiger partial charge in [-0.1, -0.05) is 6.07 Å². The van der Waals surface area contributed by atoms with Crippen molar-refractivity contribution in [1.29, 1.82) is 0 Å². The smallest absolute Gasteiger partial charge is 0.140 e. The Morgan fingerprint density at radius 1 is 1.23 bits per heavy atom. The van der Waals surface area contributed by atoms with Crippen molar-refractivity contribution < 1.29 is 0 Å². The first-order valence-corrected chi connectivity index (χ1v) is 8.00. The molecule has 0 aromatic carbocycles. The Hall–Kier alpha value is -1.79. The van der Waals surface area contributed by atoms with E-state index < -0.39 is 0 Å². The molecule has 3 heterocycles. The molecule has 0 radical (unpaired) electrons. The SMILES string of the molecule is Cn1ncnc1CN(Cc1ccccn1)C1CCCNCC1. The van der Waals surface area contributed by atoms with E-state index >= 15 is 0 Å². The quantitative estimate of drug-likeness (QED) is 0.903. The largest absolute Gasteiger partial charge is 0.317 e. The number of pyridine rings is 1. The van der Waals surface area contributed by atoms with Crippen LogP contribution in [-0.4, -0.2) is 43.8 Å². The van der Waals surface area contributed by atoms with Crippen LogP contribution in [0.2, 0.25) is 0 Å². The van der Waals surface area contributed by atoms with Gasteiger partial charge in [-0.25, -0.2) is 4.98 Å². The molecule has 3 rings (SSSR count). The van der Waals surface area contributed by atoms with Crippen molar-refractivity contribution in [3.63, 3.8) is 0 Å². The number of hydrogen-bond donors (Lipinski definition) is 1. The lowest BCUT2D eigenvalue weighted by molar-refractivity contribution is 0.156. The van der Waals surface area contributed by atoms with Gasteiger partial charge in [-0.05, 0) is 44.5 Å². The molecule has 1 aliphatic rings. The van der Waals surface area contributed by atoms with Crippen molar-refractivity contribution in [1.82, 2.24) is 30.0 Å². The van der Waals surface area contributed by atoms with Gasteiger partial charge in [-0.15, -0.1) is 0 Å². The molecule has 118 valence electrons. The first-order chi connectivity index (χ1) is 10.8. The Morgan fingerprint density at radius 2 is 2.18 bits per heavy atom. The van der Waals surface area contributed by atoms with E-state index in [9.17, 15) is 0 Å². The molecule has 6 heteroatoms. The van der Waals surface area contributed by atoms with E-state index in [0.29, 0.717) is 6.04 Å². The van der Waals surface area contributed by atoms with Crippen LogP contribution in [0.25, 0.3) is 0 Å². The second-order valence-electron chi connectivity index (χ2n) is 5.86. The zero-order valence-corrected chi connectivity index (χ0v) is 13.1. The Bertz CT molecular complexity index is 559. The maximum Gasteiger partial charge on any atom is 0.140 e. The van der Waals surface area contributed by atoms with Crippen LogP contribution >= 0.6 is 0 Å². The Balaban J connectivity index is 1.76. The van der Waals surface area contributed by atoms with Crippen LogP contribution in [0.4, 0.5) is 0 Å². The third-order valence-electron chi connectivity index (χ3n) is 4.30. The van der Waals surface area contributed by atoms with E-state index in [1.54, 1.807) is 6.33 Å². The molecule has 22 heavy (non-hydrogen) atoms. The lowest BCUT2D eigenvalue weighted by Crippen LogP contribution is -2.36. The molecular weight excluding hydrogens is 276 g/mol. The maximum absolute atomic E-state index is 4.49. The summed E-state index contributed by atoms with van der Waals surface area (Å²) in [6.45, 7) is 3.89. The number of aryl methyl sites for hydroxylation is 1. The molecule has 0 bridgehead atoms. The molecule has 1 fully saturated rings. The summed E-state index contributed by atoms with van der Waals surface area (Å²) >= 11 is 0. The van der Waals surface area contributed by atoms with E-state index in [4.69, 9.17) is 0 Å². The van der Waals surface area contributed by atoms with E-state index in [0.717, 1.165) is 37.7 Å². The minimum Gasteiger partial charge on any atom is -0.317 e. The van der Waals surface area contributed by atoms with Gasteiger partial charge in [-0.2, -0.15) is 5.10 Å². The number of nitrogens with zero attached hydrogens (tertiary/aromatic N) is 5. The van der Waals surface area contributed by atoms with Crippen molar-refractivity contribution in [3.8, 4) is 0 Å². The van der Waals surface area contributed by atoms with Gasteiger partial charge in [0, 0.05) is 25.8 Å². The summed E-state index contributed by atoms with van der Waals surface area (Å²) in [4.78, 5) is 11.4. The first-order valence-electron chi connectivity index (χ1n) is 8.00. The van der Waals surface area contributed by atoms with Crippen LogP contribution in [0, 0.1) is 0 Å². The lowest BCUT2D eigenvalue weighted by atomic mass is 10.1. The first kappa shape index (κ1) is 15.1. The fraction of sp³-hybridized carbons (Fsp3) is 0.562. The molecular formula is C16H24N6. The van der Waals surface area contributed by atoms with Crippen molar-refractivity contribution in [2.75, 3.05) is 13.1 Å². The molecule has 1 atom stereocenters. The Labute approximate surface area is 131 Å². The van der Waals surface area contributed by atoms with Gasteiger partial charge in [0.15, 0.2) is 0 Å². The van der Waals surface area contributed by atoms with Gasteiger partial charge in [0.1, 0.15) is 12.2 Å². The number of hydrogen-bond acceptors (Lipinski definition) is 5. The monoisotopic (exact) mass is 300 g/mol. The van der Waals surface area contributed by atoms with Crippen LogP contribution in [0.1, 0.15) is 30.8 Å². The minimum atomic E-state index is 0.564. The predicted octanol–water partition coefficient (Wildman–Crippen LogP) is 1.35. The highest BCUT2D eigenvalue weighted by Gasteiger charge is 2.22. The molecule has 1 unspecified atom stereocenters. The molecule has 1 aliphatic heterocycles. The predicted molar refractivity (Wildman–Crippen MR) is 85.0 cm³/mol. The fourth-order valence-electron chi connectivity index (χ4n) is 3.02. The summed E-state index contributed by atoms with van der Waals surface area (Å²) in [7, 11) is 1.95. The molecule has 2 aromatic rings. The van der Waals surface area contributed by atoms with Crippen LogP contribution in [0.3, 0.4) is 0 Å². The summed E-state index contributed by atoms with van der Waals surface area (Å²) in [5, 5.41) is 7.68. The average molecular weight is 300 g/mol. The highest BCUT2D eigenvalue weighted by atomic mass is 15.3. The topological polar surface area (TPSA) is 58.9 Å². The molecule has 0 aliphatic carbocycles. The fourth-order valence-corrected chi connectivity index (χ4v) is 3.02. The molecule has 6 nitrogen and oxygen atoms in total. The van der Waals surface area contributed by atoms with Crippen molar-refractivity contribution in [2.45, 2.75) is 38.4 Å². The zero-order valence-electron chi connectivity index (χ0n) is 13.1. The van der Waals surface area contributed by atoms with E-state index in [1.165, 1.54) is 19.3 Å². The summed E-state index contributed by atoms with van der Waals surface area (Å²) in [6.07, 6.45) is 7.11. The molecule has 1 saturated heterocycles. The summed E-state index contributed by atoms with van der Waals surface area (Å²) in [6, 6.07) is 6.68. The lowest BCUT2D eigenvalue weighted by Gasteiger charge is -2.30. The molecule has 1 N–H and O–H groups in total. The minimum absolute atomic E-state index is 0.564. The van der Waals surface area contributed by atoms with Gasteiger partial charge in [0.25, 0.3) is 0 Å². The van der Waals surface area contributed by atoms with Crippen molar-refractivity contribution in [3.05, 3.63) is 42.2 Å². The number of nitrogens with one attached hydrogen (secondary N) is 1. The molecule has 0 spiro atoms. The normalized spacial score (nSPS) is 19.3. The van der Waals surface area contributed by atoms with Crippen LogP contribution in [0.5, 0.6) is 0 Å². The van der Waals surface area contributed by atoms with Gasteiger partial charge in [-0.3, -0.25) is 14.6 Å². The third kappa shape index (κ3) is 3.90. The van der Waals surface area contributed by atoms with E-state index in [-0.39, 0.29) is 0 Å². The summed E-state index contributed by atoms with van der Waals surface area (Å²) in [5.41, 5.74) is 1.11. The second kappa shape index (κ2) is 7.47. The standard InChI is InChI=1S/C16H24N6/c1-21-16(19-13-20-21)12-22(11-14-5-2-3-9-18-14)15-6-4-8-17-10-7-15/h2-3,5,9,13,15,17H,4,6-8,10-12H2,1H3. The maximum atomic E-state index is 4.49. The van der Waals surface area contributed by atoms with Gasteiger partial charge >= 0.3 is 0 Å². The van der Waals surface area contributed by atoms with E-state index in [1.807, 2.05) is 24.0 Å².